The summed E-state index contributed by atoms with van der Waals surface area (Å²) < 4.78 is 18.0. The number of alkyl halides is 1. The predicted molar refractivity (Wildman–Crippen MR) is 53.2 cm³/mol. The number of carbonyl (C=O) groups excluding carboxylic acids is 1. The molecule has 7 heteroatoms. The molecule has 6 nitrogen and oxygen atoms in total. The molecule has 0 unspecified atom stereocenters. The van der Waals surface area contributed by atoms with E-state index < -0.39 is 29.3 Å². The third kappa shape index (κ3) is 3.29. The number of rotatable bonds is 1. The molecule has 1 N–H and O–H groups in total. The summed E-state index contributed by atoms with van der Waals surface area (Å²) in [7, 11) is 0. The van der Waals surface area contributed by atoms with E-state index in [1.54, 1.807) is 20.8 Å². The zero-order valence-electron chi connectivity index (χ0n) is 9.51. The van der Waals surface area contributed by atoms with Crippen molar-refractivity contribution in [3.8, 4) is 0 Å². The van der Waals surface area contributed by atoms with Gasteiger partial charge in [-0.3, -0.25) is 4.90 Å². The van der Waals surface area contributed by atoms with Crippen molar-refractivity contribution < 1.29 is 19.1 Å². The van der Waals surface area contributed by atoms with Crippen molar-refractivity contribution in [2.24, 2.45) is 0 Å². The summed E-state index contributed by atoms with van der Waals surface area (Å²) in [4.78, 5) is 12.5. The number of nitrogens with zero attached hydrogens (tertiary/aromatic N) is 2. The smallest absolute Gasteiger partial charge is 0.411 e. The van der Waals surface area contributed by atoms with Crippen LogP contribution in [0.25, 0.3) is 0 Å². The Morgan fingerprint density at radius 1 is 1.62 bits per heavy atom. The minimum Gasteiger partial charge on any atom is -0.761 e. The summed E-state index contributed by atoms with van der Waals surface area (Å²) in [5, 5.41) is 19.1. The Kier molecular flexibility index (Phi) is 3.72. The predicted octanol–water partition coefficient (Wildman–Crippen LogP) is 1.48. The van der Waals surface area contributed by atoms with Crippen LogP contribution in [0.2, 0.25) is 0 Å². The third-order valence-electron chi connectivity index (χ3n) is 2.10. The number of amides is 1. The van der Waals surface area contributed by atoms with E-state index in [1.807, 2.05) is 0 Å². The summed E-state index contributed by atoms with van der Waals surface area (Å²) >= 11 is 0. The highest BCUT2D eigenvalue weighted by Gasteiger charge is 2.38. The van der Waals surface area contributed by atoms with Gasteiger partial charge in [-0.15, -0.1) is 0 Å². The summed E-state index contributed by atoms with van der Waals surface area (Å²) in [6.45, 7) is 4.75. The molecule has 0 aromatic rings. The molecule has 1 amide bonds. The van der Waals surface area contributed by atoms with Crippen molar-refractivity contribution in [3.63, 3.8) is 0 Å². The molecule has 0 aliphatic carbocycles. The Bertz CT molecular complexity index is 267. The van der Waals surface area contributed by atoms with Crippen LogP contribution in [0.4, 0.5) is 9.18 Å². The maximum absolute atomic E-state index is 13.1. The number of halogens is 1. The quantitative estimate of drug-likeness (QED) is 0.696. The molecule has 1 heterocycles. The van der Waals surface area contributed by atoms with Gasteiger partial charge in [0.2, 0.25) is 0 Å². The Hall–Kier alpha value is -0.920. The first-order valence-electron chi connectivity index (χ1n) is 4.99. The van der Waals surface area contributed by atoms with Crippen LogP contribution in [-0.4, -0.2) is 45.9 Å². The van der Waals surface area contributed by atoms with Gasteiger partial charge in [-0.05, 0) is 20.8 Å². The second-order valence-electron chi connectivity index (χ2n) is 4.75. The lowest BCUT2D eigenvalue weighted by Crippen LogP contribution is -2.45. The summed E-state index contributed by atoms with van der Waals surface area (Å²) in [5.74, 6) is 0. The zero-order valence-corrected chi connectivity index (χ0v) is 9.51. The molecule has 0 saturated carbocycles. The van der Waals surface area contributed by atoms with Crippen molar-refractivity contribution >= 4 is 6.09 Å². The summed E-state index contributed by atoms with van der Waals surface area (Å²) in [5.41, 5.74) is -0.723. The Morgan fingerprint density at radius 2 is 2.19 bits per heavy atom. The summed E-state index contributed by atoms with van der Waals surface area (Å²) in [6.07, 6.45) is -3.53. The molecule has 0 bridgehead atoms. The van der Waals surface area contributed by atoms with Gasteiger partial charge < -0.3 is 15.2 Å². The third-order valence-corrected chi connectivity index (χ3v) is 2.10. The fourth-order valence-electron chi connectivity index (χ4n) is 1.49. The standard InChI is InChI=1S/C9H16FN2O4/c1-9(2,3)16-8(13)11-5-6(10)4-7(11)12(14)15/h6-7,14H,4-5H2,1-3H3/q-1/t6-,7-/m1/s1. The molecule has 1 aliphatic rings. The van der Waals surface area contributed by atoms with Crippen molar-refractivity contribution in [1.82, 2.24) is 10.1 Å². The van der Waals surface area contributed by atoms with Crippen LogP contribution < -0.4 is 0 Å². The highest BCUT2D eigenvalue weighted by molar-refractivity contribution is 5.69. The van der Waals surface area contributed by atoms with E-state index in [9.17, 15) is 14.4 Å². The van der Waals surface area contributed by atoms with Gasteiger partial charge in [0.1, 0.15) is 17.9 Å². The lowest BCUT2D eigenvalue weighted by atomic mass is 10.2. The number of likely N-dealkylation sites (tertiary alicyclic amines) is 1. The highest BCUT2D eigenvalue weighted by atomic mass is 19.1. The number of carbonyl (C=O) groups is 1. The van der Waals surface area contributed by atoms with Gasteiger partial charge in [0, 0.05) is 6.42 Å². The van der Waals surface area contributed by atoms with E-state index in [-0.39, 0.29) is 13.0 Å². The van der Waals surface area contributed by atoms with Crippen molar-refractivity contribution in [1.29, 1.82) is 0 Å². The second-order valence-corrected chi connectivity index (χ2v) is 4.75. The van der Waals surface area contributed by atoms with Gasteiger partial charge >= 0.3 is 6.09 Å². The topological polar surface area (TPSA) is 76.1 Å². The van der Waals surface area contributed by atoms with Crippen LogP contribution in [0, 0.1) is 5.21 Å². The van der Waals surface area contributed by atoms with Crippen LogP contribution in [0.3, 0.4) is 0 Å². The van der Waals surface area contributed by atoms with Crippen molar-refractivity contribution in [3.05, 3.63) is 5.21 Å². The van der Waals surface area contributed by atoms with Gasteiger partial charge in [0.05, 0.1) is 6.54 Å². The molecule has 0 aromatic heterocycles. The summed E-state index contributed by atoms with van der Waals surface area (Å²) in [6, 6.07) is 0. The van der Waals surface area contributed by atoms with Crippen LogP contribution in [0.1, 0.15) is 27.2 Å². The number of hydrogen-bond acceptors (Lipinski definition) is 5. The fourth-order valence-corrected chi connectivity index (χ4v) is 1.49. The lowest BCUT2D eigenvalue weighted by molar-refractivity contribution is -0.118. The first-order valence-corrected chi connectivity index (χ1v) is 4.99. The van der Waals surface area contributed by atoms with Gasteiger partial charge in [0.15, 0.2) is 0 Å². The lowest BCUT2D eigenvalue weighted by Gasteiger charge is -2.34. The molecule has 1 saturated heterocycles. The van der Waals surface area contributed by atoms with Crippen molar-refractivity contribution in [2.45, 2.75) is 45.1 Å². The monoisotopic (exact) mass is 235 g/mol. The van der Waals surface area contributed by atoms with Gasteiger partial charge in [-0.2, -0.15) is 0 Å². The molecular weight excluding hydrogens is 219 g/mol. The molecule has 94 valence electrons. The van der Waals surface area contributed by atoms with E-state index in [2.05, 4.69) is 0 Å². The van der Waals surface area contributed by atoms with Crippen LogP contribution in [-0.2, 0) is 4.74 Å². The SMILES string of the molecule is CC(C)(C)OC(=O)N1C[C@H](F)C[C@H]1N([O-])O. The van der Waals surface area contributed by atoms with Gasteiger partial charge in [-0.1, -0.05) is 0 Å². The van der Waals surface area contributed by atoms with Crippen molar-refractivity contribution in [2.75, 3.05) is 6.54 Å². The average Bonchev–Trinajstić information content (AvgIpc) is 2.44. The Morgan fingerprint density at radius 3 is 2.62 bits per heavy atom. The molecule has 2 atom stereocenters. The molecule has 0 spiro atoms. The first-order chi connectivity index (χ1) is 7.20. The molecule has 0 aromatic carbocycles. The highest BCUT2D eigenvalue weighted by Crippen LogP contribution is 2.24. The molecule has 1 fully saturated rings. The largest absolute Gasteiger partial charge is 0.761 e. The average molecular weight is 235 g/mol. The minimum atomic E-state index is -1.32. The van der Waals surface area contributed by atoms with E-state index >= 15 is 0 Å². The Balaban J connectivity index is 2.67. The van der Waals surface area contributed by atoms with E-state index in [0.717, 1.165) is 4.90 Å². The van der Waals surface area contributed by atoms with Gasteiger partial charge in [-0.25, -0.2) is 14.4 Å². The zero-order chi connectivity index (χ0) is 12.5. The fraction of sp³-hybridized carbons (Fsp3) is 0.889. The van der Waals surface area contributed by atoms with Crippen LogP contribution in [0.5, 0.6) is 0 Å². The molecule has 1 rings (SSSR count). The molecular formula is C9H16FN2O4-. The van der Waals surface area contributed by atoms with Crippen LogP contribution in [0.15, 0.2) is 0 Å². The maximum atomic E-state index is 13.1. The number of hydroxylamine groups is 2. The van der Waals surface area contributed by atoms with E-state index in [1.165, 1.54) is 0 Å². The molecule has 1 aliphatic heterocycles. The number of hydrogen-bond donors (Lipinski definition) is 1. The second kappa shape index (κ2) is 4.52. The minimum absolute atomic E-state index is 0.209. The van der Waals surface area contributed by atoms with E-state index in [4.69, 9.17) is 9.94 Å². The van der Waals surface area contributed by atoms with Crippen LogP contribution >= 0.6 is 0 Å². The normalized spacial score (nSPS) is 26.3. The maximum Gasteiger partial charge on any atom is 0.411 e. The first kappa shape index (κ1) is 13.1. The van der Waals surface area contributed by atoms with Gasteiger partial charge in [0.25, 0.3) is 0 Å². The Labute approximate surface area is 93.1 Å². The molecule has 0 radical (unpaired) electrons. The molecule has 16 heavy (non-hydrogen) atoms. The number of ether oxygens (including phenoxy) is 1. The van der Waals surface area contributed by atoms with E-state index in [0.29, 0.717) is 0 Å².